The molecule has 10 heteroatoms. The highest BCUT2D eigenvalue weighted by Gasteiger charge is 2.51. The lowest BCUT2D eigenvalue weighted by atomic mass is 10.1. The third kappa shape index (κ3) is 3.99. The van der Waals surface area contributed by atoms with Crippen LogP contribution in [0.3, 0.4) is 0 Å². The van der Waals surface area contributed by atoms with Crippen LogP contribution in [0, 0.1) is 5.82 Å². The molecule has 1 aliphatic carbocycles. The average Bonchev–Trinajstić information content (AvgIpc) is 3.55. The van der Waals surface area contributed by atoms with Crippen molar-refractivity contribution in [3.8, 4) is 5.69 Å². The number of carbonyl (C=O) groups excluding carboxylic acids is 2. The van der Waals surface area contributed by atoms with Crippen molar-refractivity contribution in [1.82, 2.24) is 30.6 Å². The van der Waals surface area contributed by atoms with Crippen LogP contribution < -0.4 is 10.6 Å². The zero-order valence-electron chi connectivity index (χ0n) is 18.1. The van der Waals surface area contributed by atoms with Crippen molar-refractivity contribution in [2.45, 2.75) is 31.3 Å². The van der Waals surface area contributed by atoms with Crippen molar-refractivity contribution < 1.29 is 14.0 Å². The summed E-state index contributed by atoms with van der Waals surface area (Å²) in [4.78, 5) is 25.4. The summed E-state index contributed by atoms with van der Waals surface area (Å²) >= 11 is 6.22. The van der Waals surface area contributed by atoms with Gasteiger partial charge in [0.1, 0.15) is 11.4 Å². The molecule has 0 spiro atoms. The fourth-order valence-corrected chi connectivity index (χ4v) is 4.12. The number of halogens is 2. The van der Waals surface area contributed by atoms with E-state index in [-0.39, 0.29) is 5.91 Å². The number of hydrogen-bond donors (Lipinski definition) is 2. The molecule has 0 aliphatic heterocycles. The summed E-state index contributed by atoms with van der Waals surface area (Å²) in [5, 5.41) is 18.3. The molecule has 5 rings (SSSR count). The molecule has 34 heavy (non-hydrogen) atoms. The molecule has 0 radical (unpaired) electrons. The molecule has 2 amide bonds. The van der Waals surface area contributed by atoms with E-state index < -0.39 is 23.3 Å². The minimum Gasteiger partial charge on any atom is -0.347 e. The Bertz CT molecular complexity index is 1400. The first-order valence-corrected chi connectivity index (χ1v) is 11.1. The Morgan fingerprint density at radius 1 is 1.15 bits per heavy atom. The van der Waals surface area contributed by atoms with Crippen molar-refractivity contribution in [2.75, 3.05) is 0 Å². The number of para-hydroxylation sites is 1. The third-order valence-electron chi connectivity index (χ3n) is 5.97. The highest BCUT2D eigenvalue weighted by Crippen LogP contribution is 2.37. The van der Waals surface area contributed by atoms with Crippen LogP contribution in [0.2, 0.25) is 5.15 Å². The van der Waals surface area contributed by atoms with E-state index in [1.54, 1.807) is 23.7 Å². The van der Waals surface area contributed by atoms with Crippen LogP contribution in [0.25, 0.3) is 16.6 Å². The normalized spacial score (nSPS) is 15.0. The van der Waals surface area contributed by atoms with Crippen LogP contribution >= 0.6 is 11.6 Å². The fraction of sp³-hybridized carbons (Fsp3) is 0.208. The predicted octanol–water partition coefficient (Wildman–Crippen LogP) is 3.75. The molecule has 2 N–H and O–H groups in total. The van der Waals surface area contributed by atoms with E-state index in [2.05, 4.69) is 25.9 Å². The molecule has 1 atom stereocenters. The molecule has 1 aliphatic rings. The van der Waals surface area contributed by atoms with Gasteiger partial charge < -0.3 is 10.6 Å². The minimum absolute atomic E-state index is 0.315. The highest BCUT2D eigenvalue weighted by molar-refractivity contribution is 6.34. The Hall–Kier alpha value is -3.85. The quantitative estimate of drug-likeness (QED) is 0.439. The second-order valence-corrected chi connectivity index (χ2v) is 8.65. The van der Waals surface area contributed by atoms with Crippen LogP contribution in [0.15, 0.2) is 60.9 Å². The number of rotatable bonds is 6. The van der Waals surface area contributed by atoms with Gasteiger partial charge >= 0.3 is 0 Å². The summed E-state index contributed by atoms with van der Waals surface area (Å²) in [5.74, 6) is -1.25. The topological polar surface area (TPSA) is 102 Å². The largest absolute Gasteiger partial charge is 0.347 e. The first-order valence-electron chi connectivity index (χ1n) is 10.7. The summed E-state index contributed by atoms with van der Waals surface area (Å²) in [7, 11) is 0. The molecule has 1 saturated carbocycles. The van der Waals surface area contributed by atoms with Crippen molar-refractivity contribution in [3.05, 3.63) is 83.0 Å². The molecule has 8 nitrogen and oxygen atoms in total. The van der Waals surface area contributed by atoms with E-state index in [9.17, 15) is 9.59 Å². The van der Waals surface area contributed by atoms with E-state index in [4.69, 9.17) is 11.6 Å². The van der Waals surface area contributed by atoms with Crippen molar-refractivity contribution in [1.29, 1.82) is 0 Å². The lowest BCUT2D eigenvalue weighted by Crippen LogP contribution is -2.49. The van der Waals surface area contributed by atoms with Crippen LogP contribution in [0.5, 0.6) is 0 Å². The first kappa shape index (κ1) is 22.0. The summed E-state index contributed by atoms with van der Waals surface area (Å²) in [5.41, 5.74) is 0.905. The lowest BCUT2D eigenvalue weighted by molar-refractivity contribution is -0.124. The van der Waals surface area contributed by atoms with Gasteiger partial charge in [0, 0.05) is 10.9 Å². The Morgan fingerprint density at radius 3 is 2.65 bits per heavy atom. The summed E-state index contributed by atoms with van der Waals surface area (Å²) in [6.07, 6.45) is 3.75. The zero-order valence-corrected chi connectivity index (χ0v) is 18.9. The van der Waals surface area contributed by atoms with Crippen LogP contribution in [-0.4, -0.2) is 37.3 Å². The van der Waals surface area contributed by atoms with E-state index in [1.807, 2.05) is 24.3 Å². The van der Waals surface area contributed by atoms with Crippen LogP contribution in [-0.2, 0) is 4.79 Å². The van der Waals surface area contributed by atoms with Gasteiger partial charge in [-0.25, -0.2) is 9.07 Å². The van der Waals surface area contributed by atoms with Gasteiger partial charge in [-0.2, -0.15) is 15.3 Å². The second kappa shape index (κ2) is 8.49. The van der Waals surface area contributed by atoms with Crippen LogP contribution in [0.4, 0.5) is 4.39 Å². The van der Waals surface area contributed by atoms with Crippen molar-refractivity contribution in [2.24, 2.45) is 0 Å². The molecule has 172 valence electrons. The Morgan fingerprint density at radius 2 is 1.94 bits per heavy atom. The molecule has 4 aromatic rings. The smallest absolute Gasteiger partial charge is 0.253 e. The second-order valence-electron chi connectivity index (χ2n) is 8.29. The average molecular weight is 479 g/mol. The van der Waals surface area contributed by atoms with E-state index in [0.29, 0.717) is 34.8 Å². The maximum absolute atomic E-state index is 15.1. The molecule has 0 bridgehead atoms. The molecule has 1 fully saturated rings. The van der Waals surface area contributed by atoms with Gasteiger partial charge in [-0.15, -0.1) is 0 Å². The summed E-state index contributed by atoms with van der Waals surface area (Å²) in [6.45, 7) is 1.70. The molecular weight excluding hydrogens is 459 g/mol. The number of amides is 2. The van der Waals surface area contributed by atoms with E-state index >= 15 is 4.39 Å². The Kier molecular flexibility index (Phi) is 5.49. The molecular formula is C24H20ClFN6O2. The number of carbonyl (C=O) groups is 2. The summed E-state index contributed by atoms with van der Waals surface area (Å²) < 4.78 is 16.7. The van der Waals surface area contributed by atoms with E-state index in [1.165, 1.54) is 24.5 Å². The molecule has 0 unspecified atom stereocenters. The first-order chi connectivity index (χ1) is 16.4. The van der Waals surface area contributed by atoms with E-state index in [0.717, 1.165) is 10.9 Å². The SMILES string of the molecule is C[C@@H](NC(=O)C1(NC(=O)c2ccnnc2)CC1)c1ccc(-n2nc(Cl)c3ccccc32)cc1F. The predicted molar refractivity (Wildman–Crippen MR) is 124 cm³/mol. The lowest BCUT2D eigenvalue weighted by Gasteiger charge is -2.21. The van der Waals surface area contributed by atoms with Gasteiger partial charge in [-0.1, -0.05) is 29.8 Å². The number of benzene rings is 2. The van der Waals surface area contributed by atoms with Gasteiger partial charge in [-0.3, -0.25) is 9.59 Å². The van der Waals surface area contributed by atoms with Gasteiger partial charge in [0.05, 0.1) is 35.2 Å². The maximum atomic E-state index is 15.1. The summed E-state index contributed by atoms with van der Waals surface area (Å²) in [6, 6.07) is 13.0. The van der Waals surface area contributed by atoms with Crippen LogP contribution in [0.1, 0.15) is 41.7 Å². The number of fused-ring (bicyclic) bond motifs is 1. The van der Waals surface area contributed by atoms with Gasteiger partial charge in [0.25, 0.3) is 5.91 Å². The fourth-order valence-electron chi connectivity index (χ4n) is 3.88. The molecule has 0 saturated heterocycles. The Labute approximate surface area is 199 Å². The van der Waals surface area contributed by atoms with Gasteiger partial charge in [-0.05, 0) is 50.1 Å². The molecule has 2 aromatic heterocycles. The molecule has 2 aromatic carbocycles. The maximum Gasteiger partial charge on any atom is 0.253 e. The number of aromatic nitrogens is 4. The van der Waals surface area contributed by atoms with Gasteiger partial charge in [0.15, 0.2) is 5.15 Å². The standard InChI is InChI=1S/C24H20ClFN6O2/c1-14(29-23(34)24(9-10-24)30-22(33)15-8-11-27-28-13-15)17-7-6-16(12-19(17)26)32-20-5-3-2-4-18(20)21(25)31-32/h2-8,11-14H,9-10H2,1H3,(H,29,34)(H,30,33)/t14-/m1/s1. The van der Waals surface area contributed by atoms with Crippen molar-refractivity contribution in [3.63, 3.8) is 0 Å². The minimum atomic E-state index is -1.00. The number of nitrogens with zero attached hydrogens (tertiary/aromatic N) is 4. The Balaban J connectivity index is 1.32. The molecule has 2 heterocycles. The number of hydrogen-bond acceptors (Lipinski definition) is 5. The third-order valence-corrected chi connectivity index (χ3v) is 6.25. The highest BCUT2D eigenvalue weighted by atomic mass is 35.5. The monoisotopic (exact) mass is 478 g/mol. The zero-order chi connectivity index (χ0) is 23.9. The number of nitrogens with one attached hydrogen (secondary N) is 2. The van der Waals surface area contributed by atoms with Gasteiger partial charge in [0.2, 0.25) is 5.91 Å². The van der Waals surface area contributed by atoms with Crippen molar-refractivity contribution >= 4 is 34.3 Å².